The molecule has 1 fully saturated rings. The Hall–Kier alpha value is -2.11. The van der Waals surface area contributed by atoms with Crippen LogP contribution >= 0.6 is 0 Å². The lowest BCUT2D eigenvalue weighted by Crippen LogP contribution is -2.43. The zero-order chi connectivity index (χ0) is 14.1. The molecule has 1 aromatic heterocycles. The Kier molecular flexibility index (Phi) is 3.30. The number of hydrogen-bond acceptors (Lipinski definition) is 3. The Morgan fingerprint density at radius 1 is 1.25 bits per heavy atom. The summed E-state index contributed by atoms with van der Waals surface area (Å²) >= 11 is 0. The van der Waals surface area contributed by atoms with Gasteiger partial charge in [0.1, 0.15) is 0 Å². The van der Waals surface area contributed by atoms with E-state index in [9.17, 15) is 9.59 Å². The van der Waals surface area contributed by atoms with Crippen molar-refractivity contribution < 1.29 is 9.59 Å². The van der Waals surface area contributed by atoms with E-state index in [1.54, 1.807) is 16.0 Å². The van der Waals surface area contributed by atoms with Crippen molar-refractivity contribution in [3.8, 4) is 0 Å². The topological polar surface area (TPSA) is 58.4 Å². The van der Waals surface area contributed by atoms with Crippen molar-refractivity contribution in [1.29, 1.82) is 0 Å². The highest BCUT2D eigenvalue weighted by Crippen LogP contribution is 2.25. The molecular weight excluding hydrogens is 256 g/mol. The number of likely N-dealkylation sites (tertiary alicyclic amines) is 1. The lowest BCUT2D eigenvalue weighted by Gasteiger charge is -2.32. The Bertz CT molecular complexity index is 543. The summed E-state index contributed by atoms with van der Waals surface area (Å²) in [5.41, 5.74) is 0. The Morgan fingerprint density at radius 2 is 2.00 bits per heavy atom. The van der Waals surface area contributed by atoms with Crippen molar-refractivity contribution in [1.82, 2.24) is 14.5 Å². The quantitative estimate of drug-likeness (QED) is 0.744. The molecule has 6 heteroatoms. The smallest absolute Gasteiger partial charge is 0.245 e. The summed E-state index contributed by atoms with van der Waals surface area (Å²) in [7, 11) is 0. The van der Waals surface area contributed by atoms with E-state index in [1.807, 2.05) is 10.8 Å². The van der Waals surface area contributed by atoms with Crippen molar-refractivity contribution in [3.63, 3.8) is 0 Å². The fourth-order valence-corrected chi connectivity index (χ4v) is 2.93. The Balaban J connectivity index is 1.63. The number of nitrogens with zero attached hydrogens (tertiary/aromatic N) is 4. The first-order chi connectivity index (χ1) is 9.70. The largest absolute Gasteiger partial charge is 0.339 e. The van der Waals surface area contributed by atoms with Gasteiger partial charge in [-0.3, -0.25) is 14.5 Å². The van der Waals surface area contributed by atoms with Crippen LogP contribution in [0, 0.1) is 5.92 Å². The van der Waals surface area contributed by atoms with E-state index in [0.717, 1.165) is 25.3 Å². The molecule has 2 amide bonds. The van der Waals surface area contributed by atoms with Gasteiger partial charge in [-0.15, -0.1) is 0 Å². The molecule has 0 spiro atoms. The number of anilines is 1. The molecule has 0 unspecified atom stereocenters. The standard InChI is InChI=1S/C14H18N4O2/c1-2-12(19)16-6-3-11(4-7-16)13(20)18-10-9-17-8-5-15-14(17)18/h2,5,8,11H,1,3-4,6-7,9-10H2. The van der Waals surface area contributed by atoms with Gasteiger partial charge < -0.3 is 9.47 Å². The highest BCUT2D eigenvalue weighted by molar-refractivity contribution is 5.94. The third-order valence-corrected chi connectivity index (χ3v) is 4.10. The van der Waals surface area contributed by atoms with Gasteiger partial charge in [0, 0.05) is 44.5 Å². The molecule has 2 aliphatic rings. The predicted molar refractivity (Wildman–Crippen MR) is 74.1 cm³/mol. The number of carbonyl (C=O) groups excluding carboxylic acids is 2. The highest BCUT2D eigenvalue weighted by atomic mass is 16.2. The summed E-state index contributed by atoms with van der Waals surface area (Å²) in [6.45, 7) is 6.27. The van der Waals surface area contributed by atoms with Crippen molar-refractivity contribution in [3.05, 3.63) is 25.0 Å². The van der Waals surface area contributed by atoms with Crippen LogP contribution in [0.4, 0.5) is 5.95 Å². The van der Waals surface area contributed by atoms with Crippen LogP contribution in [0.5, 0.6) is 0 Å². The number of aromatic nitrogens is 2. The SMILES string of the molecule is C=CC(=O)N1CCC(C(=O)N2CCn3ccnc32)CC1. The van der Waals surface area contributed by atoms with E-state index >= 15 is 0 Å². The fourth-order valence-electron chi connectivity index (χ4n) is 2.93. The average Bonchev–Trinajstić information content (AvgIpc) is 3.08. The molecule has 1 saturated heterocycles. The molecule has 0 atom stereocenters. The molecule has 20 heavy (non-hydrogen) atoms. The molecular formula is C14H18N4O2. The average molecular weight is 274 g/mol. The molecule has 6 nitrogen and oxygen atoms in total. The van der Waals surface area contributed by atoms with Gasteiger partial charge in [-0.05, 0) is 18.9 Å². The van der Waals surface area contributed by atoms with Gasteiger partial charge in [0.15, 0.2) is 0 Å². The lowest BCUT2D eigenvalue weighted by atomic mass is 9.95. The number of imidazole rings is 1. The van der Waals surface area contributed by atoms with E-state index in [0.29, 0.717) is 19.6 Å². The van der Waals surface area contributed by atoms with Gasteiger partial charge in [-0.2, -0.15) is 0 Å². The van der Waals surface area contributed by atoms with Crippen LogP contribution in [0.25, 0.3) is 0 Å². The number of piperidine rings is 1. The summed E-state index contributed by atoms with van der Waals surface area (Å²) in [6.07, 6.45) is 6.39. The normalized spacial score (nSPS) is 19.0. The molecule has 0 bridgehead atoms. The van der Waals surface area contributed by atoms with E-state index in [-0.39, 0.29) is 17.7 Å². The van der Waals surface area contributed by atoms with Gasteiger partial charge in [-0.25, -0.2) is 4.98 Å². The van der Waals surface area contributed by atoms with E-state index < -0.39 is 0 Å². The highest BCUT2D eigenvalue weighted by Gasteiger charge is 2.33. The van der Waals surface area contributed by atoms with Crippen LogP contribution < -0.4 is 4.90 Å². The number of rotatable bonds is 2. The molecule has 1 aromatic rings. The molecule has 3 heterocycles. The lowest BCUT2D eigenvalue weighted by molar-refractivity contribution is -0.130. The van der Waals surface area contributed by atoms with Crippen LogP contribution in [-0.4, -0.2) is 45.9 Å². The number of hydrogen-bond donors (Lipinski definition) is 0. The monoisotopic (exact) mass is 274 g/mol. The minimum absolute atomic E-state index is 0.00730. The molecule has 0 saturated carbocycles. The Labute approximate surface area is 117 Å². The minimum Gasteiger partial charge on any atom is -0.339 e. The third kappa shape index (κ3) is 2.11. The number of fused-ring (bicyclic) bond motifs is 1. The molecule has 0 aliphatic carbocycles. The first-order valence-corrected chi connectivity index (χ1v) is 6.94. The van der Waals surface area contributed by atoms with Gasteiger partial charge in [0.05, 0.1) is 0 Å². The van der Waals surface area contributed by atoms with Gasteiger partial charge in [0.2, 0.25) is 17.8 Å². The van der Waals surface area contributed by atoms with Crippen LogP contribution in [-0.2, 0) is 16.1 Å². The Morgan fingerprint density at radius 3 is 2.70 bits per heavy atom. The molecule has 2 aliphatic heterocycles. The van der Waals surface area contributed by atoms with Crippen LogP contribution in [0.2, 0.25) is 0 Å². The van der Waals surface area contributed by atoms with Crippen molar-refractivity contribution in [2.75, 3.05) is 24.5 Å². The first-order valence-electron chi connectivity index (χ1n) is 6.94. The van der Waals surface area contributed by atoms with Crippen molar-refractivity contribution in [2.45, 2.75) is 19.4 Å². The maximum absolute atomic E-state index is 12.6. The van der Waals surface area contributed by atoms with E-state index in [4.69, 9.17) is 0 Å². The molecule has 106 valence electrons. The summed E-state index contributed by atoms with van der Waals surface area (Å²) < 4.78 is 1.99. The van der Waals surface area contributed by atoms with Gasteiger partial charge >= 0.3 is 0 Å². The molecule has 0 aromatic carbocycles. The second-order valence-corrected chi connectivity index (χ2v) is 5.21. The minimum atomic E-state index is -0.0485. The number of amides is 2. The van der Waals surface area contributed by atoms with Gasteiger partial charge in [0.25, 0.3) is 0 Å². The van der Waals surface area contributed by atoms with Crippen molar-refractivity contribution >= 4 is 17.8 Å². The summed E-state index contributed by atoms with van der Waals surface area (Å²) in [5.74, 6) is 0.833. The summed E-state index contributed by atoms with van der Waals surface area (Å²) in [6, 6.07) is 0. The molecule has 0 radical (unpaired) electrons. The van der Waals surface area contributed by atoms with E-state index in [2.05, 4.69) is 11.6 Å². The van der Waals surface area contributed by atoms with Crippen molar-refractivity contribution in [2.24, 2.45) is 5.92 Å². The first kappa shape index (κ1) is 12.9. The summed E-state index contributed by atoms with van der Waals surface area (Å²) in [4.78, 5) is 31.8. The van der Waals surface area contributed by atoms with Gasteiger partial charge in [-0.1, -0.05) is 6.58 Å². The molecule has 0 N–H and O–H groups in total. The van der Waals surface area contributed by atoms with E-state index in [1.165, 1.54) is 6.08 Å². The summed E-state index contributed by atoms with van der Waals surface area (Å²) in [5, 5.41) is 0. The van der Waals surface area contributed by atoms with Crippen LogP contribution in [0.1, 0.15) is 12.8 Å². The van der Waals surface area contributed by atoms with Crippen LogP contribution in [0.3, 0.4) is 0 Å². The zero-order valence-corrected chi connectivity index (χ0v) is 11.4. The second kappa shape index (κ2) is 5.11. The maximum atomic E-state index is 12.6. The fraction of sp³-hybridized carbons (Fsp3) is 0.500. The predicted octanol–water partition coefficient (Wildman–Crippen LogP) is 0.654. The third-order valence-electron chi connectivity index (χ3n) is 4.10. The molecule has 3 rings (SSSR count). The van der Waals surface area contributed by atoms with Crippen LogP contribution in [0.15, 0.2) is 25.0 Å². The zero-order valence-electron chi connectivity index (χ0n) is 11.4. The maximum Gasteiger partial charge on any atom is 0.245 e. The number of carbonyl (C=O) groups is 2. The second-order valence-electron chi connectivity index (χ2n) is 5.21.